The average molecular weight is 382 g/mol. The second kappa shape index (κ2) is 6.94. The second-order valence-electron chi connectivity index (χ2n) is 6.81. The SMILES string of the molecule is CCc1nn2c(nnc3c(=O)n(Cc4ccccc4)cnc32)c1-c1ccccc1. The summed E-state index contributed by atoms with van der Waals surface area (Å²) in [4.78, 5) is 17.5. The molecule has 0 fully saturated rings. The van der Waals surface area contributed by atoms with Crippen molar-refractivity contribution in [2.75, 3.05) is 0 Å². The number of rotatable bonds is 4. The van der Waals surface area contributed by atoms with Gasteiger partial charge >= 0.3 is 0 Å². The molecule has 0 aliphatic heterocycles. The minimum Gasteiger partial charge on any atom is -0.293 e. The van der Waals surface area contributed by atoms with Crippen molar-refractivity contribution in [3.8, 4) is 11.1 Å². The Kier molecular flexibility index (Phi) is 4.13. The van der Waals surface area contributed by atoms with Gasteiger partial charge in [-0.05, 0) is 17.5 Å². The minimum atomic E-state index is -0.233. The molecule has 5 aromatic rings. The molecule has 0 amide bonds. The van der Waals surface area contributed by atoms with E-state index in [0.29, 0.717) is 17.8 Å². The van der Waals surface area contributed by atoms with Crippen molar-refractivity contribution in [3.63, 3.8) is 0 Å². The van der Waals surface area contributed by atoms with Crippen molar-refractivity contribution in [2.45, 2.75) is 19.9 Å². The van der Waals surface area contributed by atoms with Crippen LogP contribution in [0.1, 0.15) is 18.2 Å². The molecule has 0 radical (unpaired) electrons. The molecule has 0 atom stereocenters. The zero-order valence-corrected chi connectivity index (χ0v) is 15.9. The molecule has 0 saturated heterocycles. The summed E-state index contributed by atoms with van der Waals surface area (Å²) < 4.78 is 3.18. The van der Waals surface area contributed by atoms with Gasteiger partial charge in [-0.15, -0.1) is 10.2 Å². The van der Waals surface area contributed by atoms with Gasteiger partial charge in [0.05, 0.1) is 17.8 Å². The molecular weight excluding hydrogens is 364 g/mol. The maximum atomic E-state index is 13.0. The topological polar surface area (TPSA) is 78.0 Å². The fraction of sp³-hybridized carbons (Fsp3) is 0.136. The fourth-order valence-electron chi connectivity index (χ4n) is 3.54. The number of aryl methyl sites for hydroxylation is 1. The predicted octanol–water partition coefficient (Wildman–Crippen LogP) is 3.11. The first-order chi connectivity index (χ1) is 14.3. The van der Waals surface area contributed by atoms with Gasteiger partial charge in [0.15, 0.2) is 16.8 Å². The lowest BCUT2D eigenvalue weighted by atomic mass is 10.0. The Labute approximate surface area is 166 Å². The van der Waals surface area contributed by atoms with Crippen molar-refractivity contribution in [2.24, 2.45) is 0 Å². The Balaban J connectivity index is 1.71. The molecule has 3 aromatic heterocycles. The molecule has 0 saturated carbocycles. The van der Waals surface area contributed by atoms with E-state index in [-0.39, 0.29) is 11.1 Å². The number of nitrogens with zero attached hydrogens (tertiary/aromatic N) is 6. The van der Waals surface area contributed by atoms with Gasteiger partial charge in [0.2, 0.25) is 0 Å². The molecule has 0 N–H and O–H groups in total. The van der Waals surface area contributed by atoms with Crippen LogP contribution in [0.5, 0.6) is 0 Å². The van der Waals surface area contributed by atoms with E-state index in [2.05, 4.69) is 15.2 Å². The van der Waals surface area contributed by atoms with Crippen LogP contribution in [-0.4, -0.2) is 29.4 Å². The third kappa shape index (κ3) is 2.87. The third-order valence-corrected chi connectivity index (χ3v) is 4.97. The smallest absolute Gasteiger partial charge is 0.283 e. The summed E-state index contributed by atoms with van der Waals surface area (Å²) in [5.74, 6) is 0. The van der Waals surface area contributed by atoms with Crippen LogP contribution < -0.4 is 5.56 Å². The molecule has 0 aliphatic rings. The van der Waals surface area contributed by atoms with Gasteiger partial charge in [0.25, 0.3) is 5.56 Å². The minimum absolute atomic E-state index is 0.209. The Morgan fingerprint density at radius 3 is 2.34 bits per heavy atom. The maximum Gasteiger partial charge on any atom is 0.283 e. The van der Waals surface area contributed by atoms with E-state index < -0.39 is 0 Å². The summed E-state index contributed by atoms with van der Waals surface area (Å²) in [6.45, 7) is 2.47. The Hall–Kier alpha value is -3.87. The highest BCUT2D eigenvalue weighted by Crippen LogP contribution is 2.28. The lowest BCUT2D eigenvalue weighted by molar-refractivity contribution is 0.736. The van der Waals surface area contributed by atoms with Crippen LogP contribution in [0.15, 0.2) is 71.8 Å². The van der Waals surface area contributed by atoms with Gasteiger partial charge < -0.3 is 0 Å². The molecule has 29 heavy (non-hydrogen) atoms. The van der Waals surface area contributed by atoms with Gasteiger partial charge in [-0.1, -0.05) is 67.6 Å². The van der Waals surface area contributed by atoms with Crippen LogP contribution >= 0.6 is 0 Å². The van der Waals surface area contributed by atoms with Crippen LogP contribution in [0.3, 0.4) is 0 Å². The van der Waals surface area contributed by atoms with Gasteiger partial charge in [0, 0.05) is 0 Å². The van der Waals surface area contributed by atoms with E-state index in [0.717, 1.165) is 28.8 Å². The summed E-state index contributed by atoms with van der Waals surface area (Å²) in [5.41, 5.74) is 4.86. The highest BCUT2D eigenvalue weighted by atomic mass is 16.1. The molecule has 2 aromatic carbocycles. The average Bonchev–Trinajstić information content (AvgIpc) is 3.16. The molecule has 0 spiro atoms. The van der Waals surface area contributed by atoms with Gasteiger partial charge in [-0.25, -0.2) is 4.98 Å². The summed E-state index contributed by atoms with van der Waals surface area (Å²) in [5, 5.41) is 13.3. The second-order valence-corrected chi connectivity index (χ2v) is 6.81. The molecular formula is C22H18N6O. The summed E-state index contributed by atoms with van der Waals surface area (Å²) in [6.07, 6.45) is 2.29. The molecule has 0 aliphatic carbocycles. The van der Waals surface area contributed by atoms with Crippen molar-refractivity contribution in [1.82, 2.24) is 29.4 Å². The van der Waals surface area contributed by atoms with E-state index in [1.165, 1.54) is 0 Å². The van der Waals surface area contributed by atoms with Crippen LogP contribution in [0.4, 0.5) is 0 Å². The first-order valence-electron chi connectivity index (χ1n) is 9.49. The highest BCUT2D eigenvalue weighted by molar-refractivity contribution is 5.83. The molecule has 7 heteroatoms. The molecule has 0 unspecified atom stereocenters. The summed E-state index contributed by atoms with van der Waals surface area (Å²) in [6, 6.07) is 19.7. The van der Waals surface area contributed by atoms with E-state index >= 15 is 0 Å². The van der Waals surface area contributed by atoms with Crippen LogP contribution in [0.2, 0.25) is 0 Å². The first kappa shape index (κ1) is 17.2. The Bertz CT molecular complexity index is 1370. The van der Waals surface area contributed by atoms with Crippen molar-refractivity contribution in [1.29, 1.82) is 0 Å². The highest BCUT2D eigenvalue weighted by Gasteiger charge is 2.19. The van der Waals surface area contributed by atoms with Crippen LogP contribution in [0.25, 0.3) is 27.9 Å². The van der Waals surface area contributed by atoms with Crippen molar-refractivity contribution < 1.29 is 0 Å². The van der Waals surface area contributed by atoms with Crippen LogP contribution in [0, 0.1) is 0 Å². The van der Waals surface area contributed by atoms with E-state index in [1.54, 1.807) is 15.4 Å². The number of aromatic nitrogens is 6. The number of fused-ring (bicyclic) bond motifs is 3. The lowest BCUT2D eigenvalue weighted by Gasteiger charge is -2.06. The fourth-order valence-corrected chi connectivity index (χ4v) is 3.54. The Morgan fingerprint density at radius 1 is 0.897 bits per heavy atom. The predicted molar refractivity (Wildman–Crippen MR) is 111 cm³/mol. The number of benzene rings is 2. The third-order valence-electron chi connectivity index (χ3n) is 4.97. The quantitative estimate of drug-likeness (QED) is 0.477. The van der Waals surface area contributed by atoms with E-state index in [9.17, 15) is 4.79 Å². The lowest BCUT2D eigenvalue weighted by Crippen LogP contribution is -2.23. The molecule has 142 valence electrons. The first-order valence-corrected chi connectivity index (χ1v) is 9.49. The monoisotopic (exact) mass is 382 g/mol. The van der Waals surface area contributed by atoms with Gasteiger partial charge in [-0.2, -0.15) is 9.61 Å². The standard InChI is InChI=1S/C22H18N6O/c1-2-17-18(16-11-7-4-8-12-16)20-25-24-19-21(28(20)26-17)23-14-27(22(19)29)13-15-9-5-3-6-10-15/h3-12,14H,2,13H2,1H3. The van der Waals surface area contributed by atoms with Crippen molar-refractivity contribution >= 4 is 16.8 Å². The summed E-state index contributed by atoms with van der Waals surface area (Å²) in [7, 11) is 0. The molecule has 3 heterocycles. The molecule has 7 nitrogen and oxygen atoms in total. The largest absolute Gasteiger partial charge is 0.293 e. The number of hydrogen-bond donors (Lipinski definition) is 0. The number of hydrogen-bond acceptors (Lipinski definition) is 5. The normalized spacial score (nSPS) is 11.3. The van der Waals surface area contributed by atoms with Gasteiger partial charge in [-0.3, -0.25) is 9.36 Å². The van der Waals surface area contributed by atoms with E-state index in [4.69, 9.17) is 5.10 Å². The summed E-state index contributed by atoms with van der Waals surface area (Å²) >= 11 is 0. The van der Waals surface area contributed by atoms with E-state index in [1.807, 2.05) is 67.6 Å². The molecule has 5 rings (SSSR count). The zero-order chi connectivity index (χ0) is 19.8. The maximum absolute atomic E-state index is 13.0. The van der Waals surface area contributed by atoms with Gasteiger partial charge in [0.1, 0.15) is 6.33 Å². The zero-order valence-electron chi connectivity index (χ0n) is 15.9. The van der Waals surface area contributed by atoms with Crippen LogP contribution in [-0.2, 0) is 13.0 Å². The molecule has 0 bridgehead atoms. The van der Waals surface area contributed by atoms with Crippen molar-refractivity contribution in [3.05, 3.63) is 88.6 Å². The Morgan fingerprint density at radius 2 is 1.62 bits per heavy atom.